The van der Waals surface area contributed by atoms with E-state index in [1.807, 2.05) is 72.7 Å². The molecule has 0 aliphatic carbocycles. The fourth-order valence-corrected chi connectivity index (χ4v) is 2.34. The van der Waals surface area contributed by atoms with Crippen LogP contribution in [0.5, 0.6) is 0 Å². The highest BCUT2D eigenvalue weighted by Gasteiger charge is 2.52. The summed E-state index contributed by atoms with van der Waals surface area (Å²) in [7, 11) is -0.572. The van der Waals surface area contributed by atoms with Crippen LogP contribution >= 0.6 is 0 Å². The Balaban J connectivity index is 2.19. The molecule has 1 amide bonds. The van der Waals surface area contributed by atoms with E-state index in [0.29, 0.717) is 0 Å². The van der Waals surface area contributed by atoms with Crippen LogP contribution in [-0.2, 0) is 14.0 Å². The van der Waals surface area contributed by atoms with Crippen LogP contribution < -0.4 is 5.32 Å². The molecule has 1 saturated heterocycles. The number of pyridine rings is 1. The van der Waals surface area contributed by atoms with E-state index in [1.165, 1.54) is 0 Å². The van der Waals surface area contributed by atoms with Crippen molar-refractivity contribution in [2.24, 2.45) is 0 Å². The van der Waals surface area contributed by atoms with Crippen LogP contribution in [0.4, 0.5) is 4.79 Å². The van der Waals surface area contributed by atoms with Gasteiger partial charge in [-0.3, -0.25) is 4.98 Å². The quantitative estimate of drug-likeness (QED) is 0.831. The number of hydrogen-bond donors (Lipinski definition) is 1. The van der Waals surface area contributed by atoms with Gasteiger partial charge in [-0.05, 0) is 72.1 Å². The molecule has 2 heterocycles. The zero-order valence-electron chi connectivity index (χ0n) is 16.8. The highest BCUT2D eigenvalue weighted by atomic mass is 16.7. The number of rotatable bonds is 4. The molecule has 0 unspecified atom stereocenters. The summed E-state index contributed by atoms with van der Waals surface area (Å²) in [6.07, 6.45) is 3.11. The van der Waals surface area contributed by atoms with E-state index < -0.39 is 30.0 Å². The minimum absolute atomic E-state index is 0.238. The Labute approximate surface area is 156 Å². The van der Waals surface area contributed by atoms with Gasteiger partial charge in [-0.2, -0.15) is 0 Å². The third-order valence-electron chi connectivity index (χ3n) is 4.41. The number of aromatic nitrogens is 1. The Hall–Kier alpha value is -1.86. The lowest BCUT2D eigenvalue weighted by atomic mass is 9.77. The smallest absolute Gasteiger partial charge is 0.444 e. The molecule has 1 aromatic rings. The van der Waals surface area contributed by atoms with Gasteiger partial charge in [0, 0.05) is 12.7 Å². The first kappa shape index (κ1) is 20.5. The average molecular weight is 360 g/mol. The minimum atomic E-state index is -0.572. The topological polar surface area (TPSA) is 69.7 Å². The summed E-state index contributed by atoms with van der Waals surface area (Å²) < 4.78 is 17.6. The Morgan fingerprint density at radius 1 is 1.23 bits per heavy atom. The van der Waals surface area contributed by atoms with Gasteiger partial charge < -0.3 is 19.4 Å². The molecular formula is C19H29BN2O4. The molecule has 2 rings (SSSR count). The summed E-state index contributed by atoms with van der Waals surface area (Å²) in [6.45, 7) is 13.7. The minimum Gasteiger partial charge on any atom is -0.444 e. The molecule has 1 fully saturated rings. The summed E-state index contributed by atoms with van der Waals surface area (Å²) >= 11 is 0. The van der Waals surface area contributed by atoms with E-state index in [1.54, 1.807) is 6.20 Å². The third kappa shape index (κ3) is 5.32. The third-order valence-corrected chi connectivity index (χ3v) is 4.41. The van der Waals surface area contributed by atoms with Gasteiger partial charge in [0.05, 0.1) is 16.9 Å². The van der Waals surface area contributed by atoms with Crippen molar-refractivity contribution in [3.05, 3.63) is 35.6 Å². The molecule has 1 aliphatic rings. The summed E-state index contributed by atoms with van der Waals surface area (Å²) in [4.78, 5) is 16.3. The van der Waals surface area contributed by atoms with Gasteiger partial charge in [-0.25, -0.2) is 4.79 Å². The van der Waals surface area contributed by atoms with Gasteiger partial charge in [0.15, 0.2) is 0 Å². The first-order chi connectivity index (χ1) is 11.9. The molecular weight excluding hydrogens is 331 g/mol. The monoisotopic (exact) mass is 360 g/mol. The van der Waals surface area contributed by atoms with E-state index in [2.05, 4.69) is 10.3 Å². The van der Waals surface area contributed by atoms with Gasteiger partial charge >= 0.3 is 13.2 Å². The standard InChI is InChI=1S/C19H29BN2O4/c1-17(2,3)24-16(23)22-13-14(12-15-10-8-9-11-21-15)20-25-18(4,5)19(6,7)26-20/h8-12H,13H2,1-7H3,(H,22,23). The molecule has 0 aromatic carbocycles. The van der Waals surface area contributed by atoms with Crippen LogP contribution in [-0.4, -0.2) is 41.5 Å². The zero-order valence-corrected chi connectivity index (χ0v) is 16.8. The summed E-state index contributed by atoms with van der Waals surface area (Å²) in [5.74, 6) is 0. The van der Waals surface area contributed by atoms with Crippen LogP contribution in [0.15, 0.2) is 29.9 Å². The van der Waals surface area contributed by atoms with E-state index >= 15 is 0 Å². The van der Waals surface area contributed by atoms with E-state index in [0.717, 1.165) is 11.2 Å². The Bertz CT molecular complexity index is 650. The molecule has 0 radical (unpaired) electrons. The van der Waals surface area contributed by atoms with Gasteiger partial charge in [-0.1, -0.05) is 6.07 Å². The van der Waals surface area contributed by atoms with Crippen LogP contribution in [0.2, 0.25) is 0 Å². The van der Waals surface area contributed by atoms with E-state index in [4.69, 9.17) is 14.0 Å². The fourth-order valence-electron chi connectivity index (χ4n) is 2.34. The summed E-state index contributed by atoms with van der Waals surface area (Å²) in [5, 5.41) is 2.77. The maximum Gasteiger partial charge on any atom is 0.492 e. The van der Waals surface area contributed by atoms with E-state index in [-0.39, 0.29) is 6.54 Å². The molecule has 0 saturated carbocycles. The van der Waals surface area contributed by atoms with Crippen molar-refractivity contribution in [1.29, 1.82) is 0 Å². The lowest BCUT2D eigenvalue weighted by Gasteiger charge is -2.32. The van der Waals surface area contributed by atoms with Crippen LogP contribution in [0.25, 0.3) is 6.08 Å². The molecule has 0 spiro atoms. The van der Waals surface area contributed by atoms with Crippen molar-refractivity contribution in [1.82, 2.24) is 10.3 Å². The van der Waals surface area contributed by atoms with Gasteiger partial charge in [0.25, 0.3) is 0 Å². The number of nitrogens with one attached hydrogen (secondary N) is 1. The molecule has 26 heavy (non-hydrogen) atoms. The first-order valence-electron chi connectivity index (χ1n) is 8.84. The molecule has 1 N–H and O–H groups in total. The number of ether oxygens (including phenoxy) is 1. The number of alkyl carbamates (subject to hydrolysis) is 1. The Morgan fingerprint density at radius 2 is 1.85 bits per heavy atom. The average Bonchev–Trinajstić information content (AvgIpc) is 2.71. The number of nitrogens with zero attached hydrogens (tertiary/aromatic N) is 1. The van der Waals surface area contributed by atoms with Crippen molar-refractivity contribution in [3.8, 4) is 0 Å². The van der Waals surface area contributed by atoms with Crippen LogP contribution in [0.3, 0.4) is 0 Å². The predicted octanol–water partition coefficient (Wildman–Crippen LogP) is 3.62. The number of carbonyl (C=O) groups is 1. The van der Waals surface area contributed by atoms with Crippen molar-refractivity contribution < 1.29 is 18.8 Å². The van der Waals surface area contributed by atoms with E-state index in [9.17, 15) is 4.79 Å². The van der Waals surface area contributed by atoms with Gasteiger partial charge in [0.1, 0.15) is 5.60 Å². The second-order valence-corrected chi connectivity index (χ2v) is 8.42. The summed E-state index contributed by atoms with van der Waals surface area (Å²) in [6, 6.07) is 5.64. The number of carbonyl (C=O) groups excluding carboxylic acids is 1. The summed E-state index contributed by atoms with van der Waals surface area (Å²) in [5.41, 5.74) is 0.0511. The lowest BCUT2D eigenvalue weighted by molar-refractivity contribution is 0.00578. The van der Waals surface area contributed by atoms with Crippen molar-refractivity contribution in [2.75, 3.05) is 6.54 Å². The maximum absolute atomic E-state index is 12.0. The zero-order chi connectivity index (χ0) is 19.6. The van der Waals surface area contributed by atoms with Crippen molar-refractivity contribution >= 4 is 19.3 Å². The normalized spacial score (nSPS) is 19.3. The Morgan fingerprint density at radius 3 is 2.35 bits per heavy atom. The van der Waals surface area contributed by atoms with Gasteiger partial charge in [0.2, 0.25) is 0 Å². The lowest BCUT2D eigenvalue weighted by Crippen LogP contribution is -2.41. The van der Waals surface area contributed by atoms with Crippen LogP contribution in [0.1, 0.15) is 54.2 Å². The second-order valence-electron chi connectivity index (χ2n) is 8.42. The molecule has 1 aliphatic heterocycles. The Kier molecular flexibility index (Phi) is 5.83. The molecule has 142 valence electrons. The van der Waals surface area contributed by atoms with Crippen molar-refractivity contribution in [2.45, 2.75) is 65.3 Å². The van der Waals surface area contributed by atoms with Crippen molar-refractivity contribution in [3.63, 3.8) is 0 Å². The number of amides is 1. The second kappa shape index (κ2) is 7.41. The molecule has 0 atom stereocenters. The molecule has 6 nitrogen and oxygen atoms in total. The number of hydrogen-bond acceptors (Lipinski definition) is 5. The molecule has 7 heteroatoms. The molecule has 0 bridgehead atoms. The van der Waals surface area contributed by atoms with Crippen LogP contribution in [0, 0.1) is 0 Å². The molecule has 1 aromatic heterocycles. The van der Waals surface area contributed by atoms with Gasteiger partial charge in [-0.15, -0.1) is 0 Å². The maximum atomic E-state index is 12.0. The highest BCUT2D eigenvalue weighted by Crippen LogP contribution is 2.38. The first-order valence-corrected chi connectivity index (χ1v) is 8.84. The fraction of sp³-hybridized carbons (Fsp3) is 0.579. The largest absolute Gasteiger partial charge is 0.492 e. The predicted molar refractivity (Wildman–Crippen MR) is 103 cm³/mol. The highest BCUT2D eigenvalue weighted by molar-refractivity contribution is 6.56. The SMILES string of the molecule is CC(C)(C)OC(=O)NCC(=Cc1ccccn1)B1OC(C)(C)C(C)(C)O1.